The number of aliphatic carboxylic acids is 1. The van der Waals surface area contributed by atoms with Crippen LogP contribution in [0.4, 0.5) is 14.5 Å². The minimum absolute atomic E-state index is 0.0856. The Hall–Kier alpha value is -3.93. The number of aromatic nitrogens is 2. The molecule has 2 fully saturated rings. The molecule has 1 amide bonds. The van der Waals surface area contributed by atoms with Crippen LogP contribution in [0.3, 0.4) is 0 Å². The van der Waals surface area contributed by atoms with E-state index in [-0.39, 0.29) is 36.9 Å². The Labute approximate surface area is 226 Å². The first-order valence-electron chi connectivity index (χ1n) is 13.4. The predicted octanol–water partition coefficient (Wildman–Crippen LogP) is 5.24. The molecular weight excluding hydrogens is 502 g/mol. The quantitative estimate of drug-likeness (QED) is 0.423. The van der Waals surface area contributed by atoms with E-state index in [1.165, 1.54) is 0 Å². The number of carboxylic acid groups (broad SMARTS) is 1. The zero-order valence-electron chi connectivity index (χ0n) is 22.1. The third-order valence-corrected chi connectivity index (χ3v) is 7.95. The normalized spacial score (nSPS) is 21.3. The lowest BCUT2D eigenvalue weighted by Crippen LogP contribution is -2.39. The molecule has 1 saturated heterocycles. The van der Waals surface area contributed by atoms with Crippen LogP contribution < -0.4 is 10.2 Å². The molecule has 9 heteroatoms. The summed E-state index contributed by atoms with van der Waals surface area (Å²) in [4.78, 5) is 26.5. The van der Waals surface area contributed by atoms with E-state index < -0.39 is 11.9 Å². The van der Waals surface area contributed by atoms with Gasteiger partial charge in [-0.05, 0) is 69.4 Å². The van der Waals surface area contributed by atoms with E-state index in [1.807, 2.05) is 41.9 Å². The zero-order chi connectivity index (χ0) is 27.7. The number of amides is 1. The molecule has 3 aromatic rings. The lowest BCUT2D eigenvalue weighted by molar-refractivity contribution is -0.142. The van der Waals surface area contributed by atoms with Crippen molar-refractivity contribution in [3.05, 3.63) is 59.3 Å². The number of hydrogen-bond donors (Lipinski definition) is 2. The topological polar surface area (TPSA) is 87.5 Å². The number of alkyl halides is 2. The van der Waals surface area contributed by atoms with E-state index in [9.17, 15) is 23.5 Å². The highest BCUT2D eigenvalue weighted by atomic mass is 19.3. The van der Waals surface area contributed by atoms with Gasteiger partial charge < -0.3 is 15.3 Å². The number of carbonyl (C=O) groups is 2. The van der Waals surface area contributed by atoms with Gasteiger partial charge in [0.2, 0.25) is 0 Å². The Balaban J connectivity index is 1.43. The van der Waals surface area contributed by atoms with Gasteiger partial charge in [0, 0.05) is 35.6 Å². The van der Waals surface area contributed by atoms with Gasteiger partial charge in [-0.2, -0.15) is 5.10 Å². The van der Waals surface area contributed by atoms with Crippen molar-refractivity contribution in [3.63, 3.8) is 0 Å². The van der Waals surface area contributed by atoms with Crippen molar-refractivity contribution in [1.29, 1.82) is 0 Å². The summed E-state index contributed by atoms with van der Waals surface area (Å²) >= 11 is 0. The van der Waals surface area contributed by atoms with E-state index in [1.54, 1.807) is 24.1 Å². The number of carbonyl (C=O) groups excluding carboxylic acids is 1. The van der Waals surface area contributed by atoms with Gasteiger partial charge in [0.25, 0.3) is 11.8 Å². The maximum absolute atomic E-state index is 13.7. The fraction of sp³-hybridized carbons (Fsp3) is 0.433. The summed E-state index contributed by atoms with van der Waals surface area (Å²) in [6.45, 7) is 3.79. The van der Waals surface area contributed by atoms with Crippen molar-refractivity contribution < 1.29 is 23.5 Å². The maximum Gasteiger partial charge on any atom is 0.306 e. The number of fused-ring (bicyclic) bond motifs is 1. The number of anilines is 1. The van der Waals surface area contributed by atoms with Crippen LogP contribution in [0.2, 0.25) is 0 Å². The fourth-order valence-electron chi connectivity index (χ4n) is 5.69. The van der Waals surface area contributed by atoms with Crippen molar-refractivity contribution in [2.45, 2.75) is 64.0 Å². The van der Waals surface area contributed by atoms with Gasteiger partial charge in [-0.25, -0.2) is 8.78 Å². The number of nitrogens with zero attached hydrogens (tertiary/aromatic N) is 3. The SMILES string of the molecule is CC#Cc1ccc(C(=O)NC2CCC(C(=O)O)CC2)c2c1cnn2[C@H](C)c1ccc(N2CCC(F)(F)C2)cc1. The largest absolute Gasteiger partial charge is 0.481 e. The predicted molar refractivity (Wildman–Crippen MR) is 145 cm³/mol. The number of carboxylic acids is 1. The number of nitrogens with one attached hydrogen (secondary N) is 1. The third kappa shape index (κ3) is 5.47. The molecule has 0 bridgehead atoms. The molecule has 5 rings (SSSR count). The van der Waals surface area contributed by atoms with E-state index in [0.29, 0.717) is 43.3 Å². The van der Waals surface area contributed by atoms with Crippen LogP contribution in [0.5, 0.6) is 0 Å². The second kappa shape index (κ2) is 10.7. The molecule has 1 aromatic heterocycles. The smallest absolute Gasteiger partial charge is 0.306 e. The lowest BCUT2D eigenvalue weighted by Gasteiger charge is -2.27. The van der Waals surface area contributed by atoms with Crippen molar-refractivity contribution in [3.8, 4) is 11.8 Å². The lowest BCUT2D eigenvalue weighted by atomic mass is 9.86. The Morgan fingerprint density at radius 3 is 2.46 bits per heavy atom. The van der Waals surface area contributed by atoms with E-state index in [0.717, 1.165) is 22.2 Å². The molecular formula is C30H32F2N4O3. The average molecular weight is 535 g/mol. The van der Waals surface area contributed by atoms with Crippen molar-refractivity contribution >= 4 is 28.5 Å². The summed E-state index contributed by atoms with van der Waals surface area (Å²) in [5, 5.41) is 17.8. The van der Waals surface area contributed by atoms with E-state index >= 15 is 0 Å². The number of rotatable bonds is 6. The monoisotopic (exact) mass is 534 g/mol. The molecule has 204 valence electrons. The van der Waals surface area contributed by atoms with Gasteiger partial charge in [0.1, 0.15) is 0 Å². The van der Waals surface area contributed by atoms with Gasteiger partial charge in [-0.3, -0.25) is 14.3 Å². The van der Waals surface area contributed by atoms with Gasteiger partial charge in [0.05, 0.1) is 35.8 Å². The molecule has 7 nitrogen and oxygen atoms in total. The second-order valence-corrected chi connectivity index (χ2v) is 10.5. The van der Waals surface area contributed by atoms with Crippen molar-refractivity contribution in [2.75, 3.05) is 18.0 Å². The van der Waals surface area contributed by atoms with Crippen LogP contribution in [0.1, 0.15) is 73.5 Å². The van der Waals surface area contributed by atoms with Crippen LogP contribution >= 0.6 is 0 Å². The standard InChI is InChI=1S/C30H32F2N4O3/c1-3-4-21-9-14-25(28(37)34-23-10-5-22(6-11-23)29(38)39)27-26(21)17-33-36(27)19(2)20-7-12-24(13-8-20)35-16-15-30(31,32)18-35/h7-9,12-14,17,19,22-23H,5-6,10-11,15-16,18H2,1-2H3,(H,34,37)(H,38,39)/t19-,22?,23?/m1/s1. The Morgan fingerprint density at radius 2 is 1.85 bits per heavy atom. The summed E-state index contributed by atoms with van der Waals surface area (Å²) in [5.41, 5.74) is 3.61. The van der Waals surface area contributed by atoms with E-state index in [4.69, 9.17) is 0 Å². The van der Waals surface area contributed by atoms with Crippen molar-refractivity contribution in [2.24, 2.45) is 5.92 Å². The number of halogens is 2. The summed E-state index contributed by atoms with van der Waals surface area (Å²) in [5.74, 6) is 1.99. The van der Waals surface area contributed by atoms with Gasteiger partial charge in [-0.1, -0.05) is 18.1 Å². The number of hydrogen-bond acceptors (Lipinski definition) is 4. The second-order valence-electron chi connectivity index (χ2n) is 10.5. The van der Waals surface area contributed by atoms with Gasteiger partial charge in [-0.15, -0.1) is 5.92 Å². The van der Waals surface area contributed by atoms with Crippen LogP contribution in [-0.4, -0.2) is 51.8 Å². The Kier molecular flexibility index (Phi) is 7.30. The first kappa shape index (κ1) is 26.7. The molecule has 0 unspecified atom stereocenters. The molecule has 2 heterocycles. The first-order chi connectivity index (χ1) is 18.7. The fourth-order valence-corrected chi connectivity index (χ4v) is 5.69. The summed E-state index contributed by atoms with van der Waals surface area (Å²) in [6.07, 6.45) is 3.91. The van der Waals surface area contributed by atoms with Crippen molar-refractivity contribution in [1.82, 2.24) is 15.1 Å². The zero-order valence-corrected chi connectivity index (χ0v) is 22.1. The molecule has 2 aliphatic rings. The molecule has 1 saturated carbocycles. The average Bonchev–Trinajstić information content (AvgIpc) is 3.52. The molecule has 0 spiro atoms. The highest BCUT2D eigenvalue weighted by Crippen LogP contribution is 2.33. The number of benzene rings is 2. The van der Waals surface area contributed by atoms with Gasteiger partial charge >= 0.3 is 5.97 Å². The minimum atomic E-state index is -2.66. The van der Waals surface area contributed by atoms with Gasteiger partial charge in [0.15, 0.2) is 0 Å². The summed E-state index contributed by atoms with van der Waals surface area (Å²) in [7, 11) is 0. The summed E-state index contributed by atoms with van der Waals surface area (Å²) in [6, 6.07) is 10.8. The highest BCUT2D eigenvalue weighted by molar-refractivity contribution is 6.07. The molecule has 1 aliphatic heterocycles. The summed E-state index contributed by atoms with van der Waals surface area (Å²) < 4.78 is 29.2. The van der Waals surface area contributed by atoms with E-state index in [2.05, 4.69) is 22.3 Å². The first-order valence-corrected chi connectivity index (χ1v) is 13.4. The third-order valence-electron chi connectivity index (χ3n) is 7.95. The van der Waals surface area contributed by atoms with Crippen LogP contribution in [-0.2, 0) is 4.79 Å². The van der Waals surface area contributed by atoms with Crippen LogP contribution in [0.25, 0.3) is 10.9 Å². The Bertz CT molecular complexity index is 1450. The van der Waals surface area contributed by atoms with Crippen LogP contribution in [0, 0.1) is 17.8 Å². The molecule has 39 heavy (non-hydrogen) atoms. The maximum atomic E-state index is 13.7. The minimum Gasteiger partial charge on any atom is -0.481 e. The molecule has 2 aromatic carbocycles. The molecule has 2 N–H and O–H groups in total. The highest BCUT2D eigenvalue weighted by Gasteiger charge is 2.38. The molecule has 1 atom stereocenters. The van der Waals surface area contributed by atoms with Crippen LogP contribution in [0.15, 0.2) is 42.6 Å². The Morgan fingerprint density at radius 1 is 1.13 bits per heavy atom. The molecule has 1 aliphatic carbocycles. The molecule has 0 radical (unpaired) electrons.